The Morgan fingerprint density at radius 3 is 2.94 bits per heavy atom. The molecule has 3 nitrogen and oxygen atoms in total. The monoisotopic (exact) mass is 234 g/mol. The summed E-state index contributed by atoms with van der Waals surface area (Å²) < 4.78 is 4.80. The molecule has 3 heteroatoms. The predicted molar refractivity (Wildman–Crippen MR) is 65.4 cm³/mol. The zero-order valence-electron chi connectivity index (χ0n) is 10.3. The number of carbonyl (C=O) groups is 1. The average molecular weight is 234 g/mol. The quantitative estimate of drug-likeness (QED) is 0.590. The van der Waals surface area contributed by atoms with Crippen molar-refractivity contribution in [1.82, 2.24) is 0 Å². The molecule has 2 aliphatic carbocycles. The lowest BCUT2D eigenvalue weighted by molar-refractivity contribution is -0.142. The average Bonchev–Trinajstić information content (AvgIpc) is 2.99. The zero-order valence-corrected chi connectivity index (χ0v) is 10.3. The Morgan fingerprint density at radius 2 is 2.35 bits per heavy atom. The van der Waals surface area contributed by atoms with Gasteiger partial charge < -0.3 is 9.84 Å². The van der Waals surface area contributed by atoms with Gasteiger partial charge in [-0.15, -0.1) is 0 Å². The lowest BCUT2D eigenvalue weighted by atomic mass is 9.94. The molecule has 0 saturated heterocycles. The second-order valence-electron chi connectivity index (χ2n) is 4.81. The zero-order chi connectivity index (χ0) is 12.6. The van der Waals surface area contributed by atoms with E-state index in [1.54, 1.807) is 19.1 Å². The van der Waals surface area contributed by atoms with Crippen LogP contribution in [0.4, 0.5) is 0 Å². The molecular formula is C14H18O3. The van der Waals surface area contributed by atoms with Crippen LogP contribution in [-0.2, 0) is 9.53 Å². The minimum Gasteiger partial charge on any atom is -0.508 e. The standard InChI is InChI=1S/C14H18O3/c1-4-10(15)7-11-9(2)5-6-14(11)8-12(14)13(16)17-3/h4,7,12,15H,2,5-6,8H2,1,3H3/b10-4+,11-7+/t12-,14-/m0/s1. The molecule has 17 heavy (non-hydrogen) atoms. The van der Waals surface area contributed by atoms with Crippen molar-refractivity contribution in [3.8, 4) is 0 Å². The Hall–Kier alpha value is -1.51. The fourth-order valence-electron chi connectivity index (χ4n) is 2.80. The van der Waals surface area contributed by atoms with E-state index in [0.29, 0.717) is 0 Å². The first-order valence-electron chi connectivity index (χ1n) is 5.88. The molecule has 0 aromatic rings. The summed E-state index contributed by atoms with van der Waals surface area (Å²) in [6.07, 6.45) is 6.05. The molecule has 0 unspecified atom stereocenters. The molecule has 0 amide bonds. The number of allylic oxidation sites excluding steroid dienone is 4. The first-order chi connectivity index (χ1) is 8.05. The summed E-state index contributed by atoms with van der Waals surface area (Å²) in [5, 5.41) is 9.61. The van der Waals surface area contributed by atoms with Crippen LogP contribution in [0.1, 0.15) is 26.2 Å². The molecule has 0 aliphatic heterocycles. The molecule has 2 aliphatic rings. The fraction of sp³-hybridized carbons (Fsp3) is 0.500. The maximum atomic E-state index is 11.6. The van der Waals surface area contributed by atoms with Crippen LogP contribution in [0.25, 0.3) is 0 Å². The summed E-state index contributed by atoms with van der Waals surface area (Å²) in [6.45, 7) is 5.80. The molecule has 0 aromatic heterocycles. The van der Waals surface area contributed by atoms with Crippen LogP contribution in [0.15, 0.2) is 35.6 Å². The minimum atomic E-state index is -0.148. The van der Waals surface area contributed by atoms with Gasteiger partial charge in [0.15, 0.2) is 0 Å². The van der Waals surface area contributed by atoms with Crippen LogP contribution >= 0.6 is 0 Å². The van der Waals surface area contributed by atoms with Gasteiger partial charge in [-0.2, -0.15) is 0 Å². The van der Waals surface area contributed by atoms with E-state index in [9.17, 15) is 9.90 Å². The number of aliphatic hydroxyl groups is 1. The summed E-state index contributed by atoms with van der Waals surface area (Å²) in [4.78, 5) is 11.6. The molecule has 2 fully saturated rings. The summed E-state index contributed by atoms with van der Waals surface area (Å²) >= 11 is 0. The van der Waals surface area contributed by atoms with Gasteiger partial charge in [0.1, 0.15) is 5.76 Å². The first-order valence-corrected chi connectivity index (χ1v) is 5.88. The molecule has 2 saturated carbocycles. The normalized spacial score (nSPS) is 34.5. The molecule has 0 heterocycles. The molecule has 2 rings (SSSR count). The maximum Gasteiger partial charge on any atom is 0.309 e. The molecule has 0 bridgehead atoms. The highest BCUT2D eigenvalue weighted by Crippen LogP contribution is 2.67. The number of ether oxygens (including phenoxy) is 1. The van der Waals surface area contributed by atoms with E-state index in [0.717, 1.165) is 30.4 Å². The van der Waals surface area contributed by atoms with Crippen LogP contribution < -0.4 is 0 Å². The first kappa shape index (κ1) is 12.0. The SMILES string of the molecule is C=C1CC[C@]2(C[C@H]2C(=O)OC)/C1=C/C(O)=C\C. The third-order valence-corrected chi connectivity index (χ3v) is 3.94. The highest BCUT2D eigenvalue weighted by molar-refractivity contribution is 5.79. The smallest absolute Gasteiger partial charge is 0.309 e. The summed E-state index contributed by atoms with van der Waals surface area (Å²) in [5.74, 6) is 0.0335. The van der Waals surface area contributed by atoms with Crippen molar-refractivity contribution < 1.29 is 14.6 Å². The fourth-order valence-corrected chi connectivity index (χ4v) is 2.80. The Kier molecular flexibility index (Phi) is 2.86. The topological polar surface area (TPSA) is 46.5 Å². The van der Waals surface area contributed by atoms with Crippen molar-refractivity contribution in [2.75, 3.05) is 7.11 Å². The maximum absolute atomic E-state index is 11.6. The van der Waals surface area contributed by atoms with Gasteiger partial charge in [0, 0.05) is 5.41 Å². The molecule has 1 N–H and O–H groups in total. The highest BCUT2D eigenvalue weighted by Gasteiger charge is 2.63. The van der Waals surface area contributed by atoms with Gasteiger partial charge in [-0.3, -0.25) is 4.79 Å². The summed E-state index contributed by atoms with van der Waals surface area (Å²) in [5.41, 5.74) is 1.95. The lowest BCUT2D eigenvalue weighted by Crippen LogP contribution is -2.11. The minimum absolute atomic E-state index is 0.0531. The van der Waals surface area contributed by atoms with Crippen LogP contribution in [0.3, 0.4) is 0 Å². The van der Waals surface area contributed by atoms with E-state index in [-0.39, 0.29) is 23.1 Å². The molecule has 2 atom stereocenters. The largest absolute Gasteiger partial charge is 0.508 e. The van der Waals surface area contributed by atoms with E-state index < -0.39 is 0 Å². The van der Waals surface area contributed by atoms with Crippen molar-refractivity contribution in [3.05, 3.63) is 35.6 Å². The Bertz CT molecular complexity index is 431. The van der Waals surface area contributed by atoms with Gasteiger partial charge in [-0.1, -0.05) is 12.2 Å². The third kappa shape index (κ3) is 1.79. The van der Waals surface area contributed by atoms with Gasteiger partial charge in [-0.05, 0) is 43.9 Å². The van der Waals surface area contributed by atoms with Gasteiger partial charge in [0.25, 0.3) is 0 Å². The van der Waals surface area contributed by atoms with E-state index >= 15 is 0 Å². The van der Waals surface area contributed by atoms with Gasteiger partial charge in [0.05, 0.1) is 13.0 Å². The third-order valence-electron chi connectivity index (χ3n) is 3.94. The van der Waals surface area contributed by atoms with E-state index in [1.165, 1.54) is 7.11 Å². The Balaban J connectivity index is 2.28. The van der Waals surface area contributed by atoms with Crippen molar-refractivity contribution in [1.29, 1.82) is 0 Å². The Labute approximate surface area is 101 Å². The molecular weight excluding hydrogens is 216 g/mol. The molecule has 92 valence electrons. The summed E-state index contributed by atoms with van der Waals surface area (Å²) in [6, 6.07) is 0. The van der Waals surface area contributed by atoms with Crippen molar-refractivity contribution in [2.24, 2.45) is 11.3 Å². The van der Waals surface area contributed by atoms with Gasteiger partial charge in [0.2, 0.25) is 0 Å². The van der Waals surface area contributed by atoms with E-state index in [1.807, 2.05) is 0 Å². The lowest BCUT2D eigenvalue weighted by Gasteiger charge is -2.11. The summed E-state index contributed by atoms with van der Waals surface area (Å²) in [7, 11) is 1.42. The molecule has 0 aromatic carbocycles. The second kappa shape index (κ2) is 4.06. The Morgan fingerprint density at radius 1 is 1.65 bits per heavy atom. The van der Waals surface area contributed by atoms with Gasteiger partial charge >= 0.3 is 5.97 Å². The number of methoxy groups -OCH3 is 1. The van der Waals surface area contributed by atoms with Gasteiger partial charge in [-0.25, -0.2) is 0 Å². The van der Waals surface area contributed by atoms with Crippen molar-refractivity contribution >= 4 is 5.97 Å². The van der Waals surface area contributed by atoms with Crippen LogP contribution in [0.2, 0.25) is 0 Å². The number of aliphatic hydroxyl groups excluding tert-OH is 1. The number of rotatable bonds is 2. The van der Waals surface area contributed by atoms with Crippen molar-refractivity contribution in [2.45, 2.75) is 26.2 Å². The molecule has 1 spiro atoms. The number of hydrogen-bond donors (Lipinski definition) is 1. The van der Waals surface area contributed by atoms with E-state index in [4.69, 9.17) is 4.74 Å². The number of hydrogen-bond acceptors (Lipinski definition) is 3. The second-order valence-corrected chi connectivity index (χ2v) is 4.81. The van der Waals surface area contributed by atoms with Crippen LogP contribution in [0.5, 0.6) is 0 Å². The van der Waals surface area contributed by atoms with E-state index in [2.05, 4.69) is 6.58 Å². The molecule has 0 radical (unpaired) electrons. The van der Waals surface area contributed by atoms with Crippen LogP contribution in [-0.4, -0.2) is 18.2 Å². The predicted octanol–water partition coefficient (Wildman–Crippen LogP) is 2.90. The highest BCUT2D eigenvalue weighted by atomic mass is 16.5. The van der Waals surface area contributed by atoms with Crippen molar-refractivity contribution in [3.63, 3.8) is 0 Å². The number of esters is 1. The number of carbonyl (C=O) groups excluding carboxylic acids is 1. The van der Waals surface area contributed by atoms with Crippen LogP contribution in [0, 0.1) is 11.3 Å².